The van der Waals surface area contributed by atoms with Gasteiger partial charge in [0.15, 0.2) is 6.23 Å². The van der Waals surface area contributed by atoms with Gasteiger partial charge in [-0.15, -0.1) is 0 Å². The van der Waals surface area contributed by atoms with Crippen molar-refractivity contribution in [2.45, 2.75) is 64.0 Å². The lowest BCUT2D eigenvalue weighted by atomic mass is 9.82. The zero-order valence-electron chi connectivity index (χ0n) is 26.2. The molecule has 0 saturated carbocycles. The van der Waals surface area contributed by atoms with Crippen LogP contribution in [0.1, 0.15) is 71.9 Å². The Balaban J connectivity index is 1.03. The molecule has 3 aromatic carbocycles. The third kappa shape index (κ3) is 7.14. The molecule has 2 bridgehead atoms. The van der Waals surface area contributed by atoms with E-state index >= 15 is 0 Å². The number of esters is 1. The summed E-state index contributed by atoms with van der Waals surface area (Å²) in [4.78, 5) is 42.8. The summed E-state index contributed by atoms with van der Waals surface area (Å²) in [6.07, 6.45) is 2.61. The van der Waals surface area contributed by atoms with Crippen molar-refractivity contribution >= 4 is 18.0 Å². The number of hydrogen-bond donors (Lipinski definition) is 1. The summed E-state index contributed by atoms with van der Waals surface area (Å²) in [6.45, 7) is 8.46. The molecule has 4 aliphatic heterocycles. The Morgan fingerprint density at radius 2 is 1.51 bits per heavy atom. The molecule has 9 heteroatoms. The molecule has 0 aliphatic carbocycles. The van der Waals surface area contributed by atoms with E-state index in [4.69, 9.17) is 14.2 Å². The van der Waals surface area contributed by atoms with Crippen molar-refractivity contribution in [3.05, 3.63) is 101 Å². The summed E-state index contributed by atoms with van der Waals surface area (Å²) in [6, 6.07) is 23.9. The average Bonchev–Trinajstić information content (AvgIpc) is 3.02. The number of nitrogens with one attached hydrogen (secondary N) is 1. The summed E-state index contributed by atoms with van der Waals surface area (Å²) < 4.78 is 17.2. The number of ether oxygens (including phenoxy) is 3. The number of fused-ring (bicyclic) bond motifs is 3. The number of rotatable bonds is 8. The average molecular weight is 612 g/mol. The lowest BCUT2D eigenvalue weighted by Gasteiger charge is -2.51. The molecule has 4 aliphatic rings. The zero-order chi connectivity index (χ0) is 31.6. The van der Waals surface area contributed by atoms with Crippen LogP contribution in [0, 0.1) is 5.92 Å². The predicted octanol–water partition coefficient (Wildman–Crippen LogP) is 5.74. The number of alkyl carbamates (subject to hydrolysis) is 1. The molecule has 9 nitrogen and oxygen atoms in total. The molecule has 45 heavy (non-hydrogen) atoms. The molecule has 236 valence electrons. The molecule has 3 aromatic rings. The van der Waals surface area contributed by atoms with E-state index in [0.717, 1.165) is 30.6 Å². The highest BCUT2D eigenvalue weighted by Gasteiger charge is 2.49. The van der Waals surface area contributed by atoms with Gasteiger partial charge in [0.2, 0.25) is 0 Å². The van der Waals surface area contributed by atoms with Crippen LogP contribution in [0.3, 0.4) is 0 Å². The molecule has 7 rings (SSSR count). The van der Waals surface area contributed by atoms with Gasteiger partial charge >= 0.3 is 12.1 Å². The van der Waals surface area contributed by atoms with Gasteiger partial charge in [0.1, 0.15) is 23.5 Å². The Hall–Kier alpha value is -4.37. The van der Waals surface area contributed by atoms with Gasteiger partial charge in [-0.3, -0.25) is 9.69 Å². The second-order valence-electron chi connectivity index (χ2n) is 13.3. The molecule has 0 spiro atoms. The third-order valence-electron chi connectivity index (χ3n) is 8.81. The van der Waals surface area contributed by atoms with Crippen molar-refractivity contribution in [3.8, 4) is 5.75 Å². The first-order valence-corrected chi connectivity index (χ1v) is 15.7. The monoisotopic (exact) mass is 611 g/mol. The Morgan fingerprint density at radius 3 is 2.11 bits per heavy atom. The van der Waals surface area contributed by atoms with E-state index in [1.807, 2.05) is 63.2 Å². The van der Waals surface area contributed by atoms with Crippen molar-refractivity contribution in [2.75, 3.05) is 26.2 Å². The van der Waals surface area contributed by atoms with Crippen molar-refractivity contribution < 1.29 is 28.6 Å². The van der Waals surface area contributed by atoms with Crippen LogP contribution in [0.15, 0.2) is 78.9 Å². The first-order chi connectivity index (χ1) is 21.6. The highest BCUT2D eigenvalue weighted by Crippen LogP contribution is 2.35. The van der Waals surface area contributed by atoms with E-state index in [1.165, 1.54) is 12.8 Å². The Kier molecular flexibility index (Phi) is 8.55. The summed E-state index contributed by atoms with van der Waals surface area (Å²) in [5.41, 5.74) is 1.61. The standard InChI is InChI=1S/C36H41N3O6/c1-35(2,3)45-33(41)28-11-9-26(10-12-28)22-43-30-15-13-27(14-16-30)32(40)39-23-36(24-39,29-7-5-4-6-8-29)37-34(42)44-31-21-25-17-19-38(31)20-18-25/h4-16,25,31H,17-24H2,1-3H3,(H,37,42). The number of hydrogen-bond acceptors (Lipinski definition) is 7. The van der Waals surface area contributed by atoms with Crippen molar-refractivity contribution in [1.82, 2.24) is 15.1 Å². The second kappa shape index (κ2) is 12.6. The highest BCUT2D eigenvalue weighted by atomic mass is 16.6. The fraction of sp³-hybridized carbons (Fsp3) is 0.417. The number of amides is 2. The van der Waals surface area contributed by atoms with Gasteiger partial charge in [-0.2, -0.15) is 0 Å². The quantitative estimate of drug-likeness (QED) is 0.325. The summed E-state index contributed by atoms with van der Waals surface area (Å²) in [7, 11) is 0. The van der Waals surface area contributed by atoms with Gasteiger partial charge < -0.3 is 24.4 Å². The fourth-order valence-electron chi connectivity index (χ4n) is 6.34. The number of carbonyl (C=O) groups is 3. The van der Waals surface area contributed by atoms with E-state index in [2.05, 4.69) is 10.2 Å². The lowest BCUT2D eigenvalue weighted by Crippen LogP contribution is -2.69. The predicted molar refractivity (Wildman–Crippen MR) is 169 cm³/mol. The van der Waals surface area contributed by atoms with E-state index in [1.54, 1.807) is 41.3 Å². The fourth-order valence-corrected chi connectivity index (χ4v) is 6.34. The number of likely N-dealkylation sites (tertiary alicyclic amines) is 1. The van der Waals surface area contributed by atoms with Crippen LogP contribution in [-0.4, -0.2) is 65.8 Å². The van der Waals surface area contributed by atoms with Crippen LogP contribution < -0.4 is 10.1 Å². The summed E-state index contributed by atoms with van der Waals surface area (Å²) in [5.74, 6) is 0.776. The first-order valence-electron chi connectivity index (χ1n) is 15.7. The molecule has 1 atom stereocenters. The number of piperidine rings is 3. The first kappa shape index (κ1) is 30.6. The minimum atomic E-state index is -0.709. The molecular weight excluding hydrogens is 570 g/mol. The van der Waals surface area contributed by atoms with Gasteiger partial charge in [-0.05, 0) is 87.1 Å². The molecular formula is C36H41N3O6. The van der Waals surface area contributed by atoms with Crippen molar-refractivity contribution in [2.24, 2.45) is 5.92 Å². The second-order valence-corrected chi connectivity index (χ2v) is 13.3. The molecule has 4 fully saturated rings. The Bertz CT molecular complexity index is 1500. The largest absolute Gasteiger partial charge is 0.489 e. The van der Waals surface area contributed by atoms with Crippen LogP contribution in [0.2, 0.25) is 0 Å². The maximum Gasteiger partial charge on any atom is 0.409 e. The van der Waals surface area contributed by atoms with Crippen LogP contribution in [0.25, 0.3) is 0 Å². The van der Waals surface area contributed by atoms with Crippen molar-refractivity contribution in [1.29, 1.82) is 0 Å². The molecule has 1 N–H and O–H groups in total. The van der Waals surface area contributed by atoms with Gasteiger partial charge in [0, 0.05) is 25.1 Å². The Labute approximate surface area is 264 Å². The highest BCUT2D eigenvalue weighted by molar-refractivity contribution is 5.95. The SMILES string of the molecule is CC(C)(C)OC(=O)c1ccc(COc2ccc(C(=O)N3CC(NC(=O)OC4CC5CCN4CC5)(c4ccccc4)C3)cc2)cc1. The van der Waals surface area contributed by atoms with Gasteiger partial charge in [-0.1, -0.05) is 42.5 Å². The van der Waals surface area contributed by atoms with Crippen molar-refractivity contribution in [3.63, 3.8) is 0 Å². The molecule has 2 amide bonds. The van der Waals surface area contributed by atoms with E-state index in [0.29, 0.717) is 42.5 Å². The van der Waals surface area contributed by atoms with Gasteiger partial charge in [-0.25, -0.2) is 9.59 Å². The number of nitrogens with zero attached hydrogens (tertiary/aromatic N) is 2. The van der Waals surface area contributed by atoms with E-state index in [9.17, 15) is 14.4 Å². The third-order valence-corrected chi connectivity index (χ3v) is 8.81. The summed E-state index contributed by atoms with van der Waals surface area (Å²) in [5, 5.41) is 3.12. The Morgan fingerprint density at radius 1 is 0.867 bits per heavy atom. The van der Waals surface area contributed by atoms with Crippen LogP contribution in [0.4, 0.5) is 4.79 Å². The minimum Gasteiger partial charge on any atom is -0.489 e. The lowest BCUT2D eigenvalue weighted by molar-refractivity contribution is -0.0870. The van der Waals surface area contributed by atoms with Gasteiger partial charge in [0.05, 0.1) is 18.7 Å². The zero-order valence-corrected chi connectivity index (χ0v) is 26.2. The summed E-state index contributed by atoms with van der Waals surface area (Å²) >= 11 is 0. The molecule has 0 radical (unpaired) electrons. The molecule has 4 heterocycles. The number of benzene rings is 3. The minimum absolute atomic E-state index is 0.114. The maximum atomic E-state index is 13.4. The molecule has 4 saturated heterocycles. The van der Waals surface area contributed by atoms with E-state index < -0.39 is 17.2 Å². The maximum absolute atomic E-state index is 13.4. The normalized spacial score (nSPS) is 21.8. The van der Waals surface area contributed by atoms with Crippen LogP contribution >= 0.6 is 0 Å². The smallest absolute Gasteiger partial charge is 0.409 e. The number of carbonyl (C=O) groups excluding carboxylic acids is 3. The van der Waals surface area contributed by atoms with E-state index in [-0.39, 0.29) is 18.1 Å². The topological polar surface area (TPSA) is 97.4 Å². The van der Waals surface area contributed by atoms with Gasteiger partial charge in [0.25, 0.3) is 5.91 Å². The van der Waals surface area contributed by atoms with Crippen LogP contribution in [-0.2, 0) is 21.6 Å². The molecule has 1 unspecified atom stereocenters. The molecule has 0 aromatic heterocycles. The van der Waals surface area contributed by atoms with Crippen LogP contribution in [0.5, 0.6) is 5.75 Å².